The Morgan fingerprint density at radius 3 is 2.72 bits per heavy atom. The van der Waals surface area contributed by atoms with Crippen LogP contribution in [0.25, 0.3) is 0 Å². The van der Waals surface area contributed by atoms with Crippen molar-refractivity contribution in [2.45, 2.75) is 26.5 Å². The van der Waals surface area contributed by atoms with Gasteiger partial charge in [0.05, 0.1) is 0 Å². The first kappa shape index (κ1) is 18.5. The second kappa shape index (κ2) is 7.80. The summed E-state index contributed by atoms with van der Waals surface area (Å²) in [6.45, 7) is 2.78. The zero-order chi connectivity index (χ0) is 18.6. The number of ether oxygens (including phenoxy) is 1. The molecule has 0 aliphatic rings. The molecule has 132 valence electrons. The fraction of sp³-hybridized carbons (Fsp3) is 0.250. The average Bonchev–Trinajstić information content (AvgIpc) is 2.53. The number of rotatable bonds is 5. The number of aromatic nitrogens is 2. The Bertz CT molecular complexity index is 918. The van der Waals surface area contributed by atoms with E-state index in [4.69, 9.17) is 16.3 Å². The Labute approximate surface area is 147 Å². The van der Waals surface area contributed by atoms with Gasteiger partial charge in [0.2, 0.25) is 0 Å². The topological polar surface area (TPSA) is 110 Å². The molecule has 0 radical (unpaired) electrons. The van der Waals surface area contributed by atoms with E-state index in [0.29, 0.717) is 10.7 Å². The van der Waals surface area contributed by atoms with E-state index in [2.05, 4.69) is 5.32 Å². The molecule has 1 atom stereocenters. The van der Waals surface area contributed by atoms with Crippen molar-refractivity contribution in [1.82, 2.24) is 9.55 Å². The number of hydrogen-bond acceptors (Lipinski definition) is 5. The van der Waals surface area contributed by atoms with Gasteiger partial charge in [-0.25, -0.2) is 4.79 Å². The van der Waals surface area contributed by atoms with E-state index in [-0.39, 0.29) is 0 Å². The van der Waals surface area contributed by atoms with Crippen LogP contribution in [0.15, 0.2) is 40.1 Å². The monoisotopic (exact) mass is 365 g/mol. The van der Waals surface area contributed by atoms with E-state index >= 15 is 0 Å². The van der Waals surface area contributed by atoms with Gasteiger partial charge in [-0.2, -0.15) is 0 Å². The Hall–Kier alpha value is -2.87. The Kier molecular flexibility index (Phi) is 5.76. The summed E-state index contributed by atoms with van der Waals surface area (Å²) in [5.41, 5.74) is 0.00341. The predicted octanol–water partition coefficient (Wildman–Crippen LogP) is 1.07. The fourth-order valence-corrected chi connectivity index (χ4v) is 2.13. The van der Waals surface area contributed by atoms with Gasteiger partial charge in [-0.1, -0.05) is 17.7 Å². The zero-order valence-electron chi connectivity index (χ0n) is 13.5. The molecule has 0 aliphatic carbocycles. The SMILES string of the molecule is Cc1ccc(Cl)cc1NC(=O)[C@H](C)OC(=O)Cn1ccc(=O)[nH]c1=O. The molecule has 0 saturated heterocycles. The molecule has 0 bridgehead atoms. The van der Waals surface area contributed by atoms with Crippen molar-refractivity contribution in [2.24, 2.45) is 0 Å². The number of benzene rings is 1. The smallest absolute Gasteiger partial charge is 0.328 e. The number of hydrogen-bond donors (Lipinski definition) is 2. The predicted molar refractivity (Wildman–Crippen MR) is 91.7 cm³/mol. The molecule has 0 unspecified atom stereocenters. The number of amides is 1. The molecule has 0 saturated carbocycles. The van der Waals surface area contributed by atoms with E-state index in [1.54, 1.807) is 25.1 Å². The lowest BCUT2D eigenvalue weighted by Crippen LogP contribution is -2.35. The Morgan fingerprint density at radius 2 is 2.04 bits per heavy atom. The van der Waals surface area contributed by atoms with Crippen molar-refractivity contribution < 1.29 is 14.3 Å². The minimum absolute atomic E-state index is 0.427. The minimum atomic E-state index is -1.08. The van der Waals surface area contributed by atoms with E-state index in [1.165, 1.54) is 13.1 Å². The first-order valence-corrected chi connectivity index (χ1v) is 7.70. The molecule has 2 aromatic rings. The van der Waals surface area contributed by atoms with Crippen LogP contribution >= 0.6 is 11.6 Å². The molecule has 8 nitrogen and oxygen atoms in total. The highest BCUT2D eigenvalue weighted by Gasteiger charge is 2.19. The molecule has 1 heterocycles. The first-order chi connectivity index (χ1) is 11.8. The maximum atomic E-state index is 12.1. The molecule has 2 rings (SSSR count). The standard InChI is InChI=1S/C16H16ClN3O5/c1-9-3-4-11(17)7-12(9)18-15(23)10(2)25-14(22)8-20-6-5-13(21)19-16(20)24/h3-7,10H,8H2,1-2H3,(H,18,23)(H,19,21,24)/t10-/m0/s1. The highest BCUT2D eigenvalue weighted by atomic mass is 35.5. The summed E-state index contributed by atoms with van der Waals surface area (Å²) in [7, 11) is 0. The van der Waals surface area contributed by atoms with Gasteiger partial charge in [-0.15, -0.1) is 0 Å². The van der Waals surface area contributed by atoms with Crippen LogP contribution in [0.2, 0.25) is 5.02 Å². The molecular weight excluding hydrogens is 350 g/mol. The highest BCUT2D eigenvalue weighted by molar-refractivity contribution is 6.31. The van der Waals surface area contributed by atoms with E-state index in [9.17, 15) is 19.2 Å². The number of aryl methyl sites for hydroxylation is 1. The summed E-state index contributed by atoms with van der Waals surface area (Å²) in [5, 5.41) is 3.08. The molecule has 0 aliphatic heterocycles. The van der Waals surface area contributed by atoms with Crippen molar-refractivity contribution in [3.63, 3.8) is 0 Å². The largest absolute Gasteiger partial charge is 0.451 e. The second-order valence-electron chi connectivity index (χ2n) is 5.32. The van der Waals surface area contributed by atoms with Gasteiger partial charge in [0.25, 0.3) is 11.5 Å². The summed E-state index contributed by atoms with van der Waals surface area (Å²) < 4.78 is 5.98. The van der Waals surface area contributed by atoms with Crippen LogP contribution in [0.5, 0.6) is 0 Å². The Balaban J connectivity index is 1.98. The van der Waals surface area contributed by atoms with Crippen LogP contribution in [-0.2, 0) is 20.9 Å². The minimum Gasteiger partial charge on any atom is -0.451 e. The van der Waals surface area contributed by atoms with E-state index in [1.807, 2.05) is 4.98 Å². The lowest BCUT2D eigenvalue weighted by Gasteiger charge is -2.15. The first-order valence-electron chi connectivity index (χ1n) is 7.32. The number of carbonyl (C=O) groups is 2. The summed E-state index contributed by atoms with van der Waals surface area (Å²) in [6, 6.07) is 6.13. The van der Waals surface area contributed by atoms with Crippen LogP contribution in [0.3, 0.4) is 0 Å². The van der Waals surface area contributed by atoms with Gasteiger partial charge in [0.15, 0.2) is 6.10 Å². The van der Waals surface area contributed by atoms with Gasteiger partial charge < -0.3 is 10.1 Å². The highest BCUT2D eigenvalue weighted by Crippen LogP contribution is 2.20. The number of nitrogens with zero attached hydrogens (tertiary/aromatic N) is 1. The normalized spacial score (nSPS) is 11.6. The van der Waals surface area contributed by atoms with Crippen LogP contribution in [-0.4, -0.2) is 27.5 Å². The molecule has 1 amide bonds. The number of esters is 1. The second-order valence-corrected chi connectivity index (χ2v) is 5.76. The molecule has 2 N–H and O–H groups in total. The number of carbonyl (C=O) groups excluding carboxylic acids is 2. The number of anilines is 1. The molecule has 9 heteroatoms. The van der Waals surface area contributed by atoms with Crippen LogP contribution in [0.1, 0.15) is 12.5 Å². The van der Waals surface area contributed by atoms with Crippen molar-refractivity contribution in [1.29, 1.82) is 0 Å². The molecule has 1 aromatic carbocycles. The van der Waals surface area contributed by atoms with Crippen LogP contribution in [0.4, 0.5) is 5.69 Å². The van der Waals surface area contributed by atoms with Gasteiger partial charge in [-0.3, -0.25) is 23.9 Å². The number of nitrogens with one attached hydrogen (secondary N) is 2. The zero-order valence-corrected chi connectivity index (χ0v) is 14.3. The third-order valence-corrected chi connectivity index (χ3v) is 3.57. The van der Waals surface area contributed by atoms with Gasteiger partial charge in [0, 0.05) is 23.0 Å². The van der Waals surface area contributed by atoms with Gasteiger partial charge in [0.1, 0.15) is 6.54 Å². The van der Waals surface area contributed by atoms with Crippen molar-refractivity contribution in [3.8, 4) is 0 Å². The van der Waals surface area contributed by atoms with Gasteiger partial charge in [-0.05, 0) is 31.5 Å². The quantitative estimate of drug-likeness (QED) is 0.770. The molecular formula is C16H16ClN3O5. The van der Waals surface area contributed by atoms with Gasteiger partial charge >= 0.3 is 11.7 Å². The summed E-state index contributed by atoms with van der Waals surface area (Å²) in [6.07, 6.45) is 0.0898. The van der Waals surface area contributed by atoms with Crippen LogP contribution in [0, 0.1) is 6.92 Å². The van der Waals surface area contributed by atoms with Crippen molar-refractivity contribution in [2.75, 3.05) is 5.32 Å². The molecule has 0 spiro atoms. The fourth-order valence-electron chi connectivity index (χ4n) is 1.96. The number of aromatic amines is 1. The molecule has 0 fully saturated rings. The van der Waals surface area contributed by atoms with Crippen molar-refractivity contribution in [3.05, 3.63) is 61.9 Å². The maximum absolute atomic E-state index is 12.1. The third-order valence-electron chi connectivity index (χ3n) is 3.33. The van der Waals surface area contributed by atoms with Crippen LogP contribution < -0.4 is 16.6 Å². The lowest BCUT2D eigenvalue weighted by molar-refractivity contribution is -0.153. The molecule has 25 heavy (non-hydrogen) atoms. The van der Waals surface area contributed by atoms with E-state index < -0.39 is 35.8 Å². The lowest BCUT2D eigenvalue weighted by atomic mass is 10.2. The maximum Gasteiger partial charge on any atom is 0.328 e. The van der Waals surface area contributed by atoms with Crippen molar-refractivity contribution >= 4 is 29.2 Å². The summed E-state index contributed by atoms with van der Waals surface area (Å²) >= 11 is 5.89. The third kappa shape index (κ3) is 5.05. The summed E-state index contributed by atoms with van der Waals surface area (Å²) in [5.74, 6) is -1.33. The summed E-state index contributed by atoms with van der Waals surface area (Å²) in [4.78, 5) is 48.5. The number of H-pyrrole nitrogens is 1. The van der Waals surface area contributed by atoms with E-state index in [0.717, 1.165) is 16.2 Å². The Morgan fingerprint density at radius 1 is 1.32 bits per heavy atom. The molecule has 1 aromatic heterocycles. The number of halogens is 1. The average molecular weight is 366 g/mol.